The van der Waals surface area contributed by atoms with E-state index < -0.39 is 0 Å². The van der Waals surface area contributed by atoms with Crippen molar-refractivity contribution in [1.82, 2.24) is 14.5 Å². The number of fused-ring (bicyclic) bond motifs is 1. The van der Waals surface area contributed by atoms with Gasteiger partial charge in [0, 0.05) is 41.7 Å². The van der Waals surface area contributed by atoms with Gasteiger partial charge in [0.15, 0.2) is 4.77 Å². The number of benzene rings is 2. The van der Waals surface area contributed by atoms with Gasteiger partial charge in [0.05, 0.1) is 10.9 Å². The molecular weight excluding hydrogens is 464 g/mol. The maximum absolute atomic E-state index is 12.7. The van der Waals surface area contributed by atoms with Crippen molar-refractivity contribution in [3.8, 4) is 0 Å². The lowest BCUT2D eigenvalue weighted by molar-refractivity contribution is -0.116. The first-order valence-corrected chi connectivity index (χ1v) is 12.6. The standard InChI is InChI=1S/C26H26N4O2S2/c31-24(28-20-11-13-21(14-12-20)34-18-19-7-6-15-27-17-19)10-2-1-5-16-30-25(32)22-8-3-4-9-23(22)29-26(30)33/h3-4,6-9,11-15,17H,1-2,5,10,16,18H2,(H,28,31)(H,29,33). The van der Waals surface area contributed by atoms with Crippen LogP contribution in [0.25, 0.3) is 10.9 Å². The molecule has 0 unspecified atom stereocenters. The summed E-state index contributed by atoms with van der Waals surface area (Å²) in [6.07, 6.45) is 6.46. The van der Waals surface area contributed by atoms with Crippen molar-refractivity contribution in [1.29, 1.82) is 0 Å². The first-order valence-electron chi connectivity index (χ1n) is 11.2. The molecule has 4 aromatic rings. The summed E-state index contributed by atoms with van der Waals surface area (Å²) in [4.78, 5) is 33.4. The number of carbonyl (C=O) groups excluding carboxylic acids is 1. The van der Waals surface area contributed by atoms with Crippen LogP contribution < -0.4 is 10.9 Å². The highest BCUT2D eigenvalue weighted by Crippen LogP contribution is 2.24. The number of anilines is 1. The van der Waals surface area contributed by atoms with Crippen molar-refractivity contribution in [3.05, 3.63) is 93.7 Å². The van der Waals surface area contributed by atoms with Crippen molar-refractivity contribution < 1.29 is 4.79 Å². The number of hydrogen-bond acceptors (Lipinski definition) is 5. The molecule has 2 aromatic heterocycles. The molecule has 6 nitrogen and oxygen atoms in total. The van der Waals surface area contributed by atoms with Gasteiger partial charge in [0.2, 0.25) is 5.91 Å². The molecule has 0 saturated carbocycles. The summed E-state index contributed by atoms with van der Waals surface area (Å²) >= 11 is 7.08. The van der Waals surface area contributed by atoms with Crippen molar-refractivity contribution in [3.63, 3.8) is 0 Å². The summed E-state index contributed by atoms with van der Waals surface area (Å²) in [5, 5.41) is 3.59. The second-order valence-electron chi connectivity index (χ2n) is 7.97. The average Bonchev–Trinajstić information content (AvgIpc) is 2.86. The summed E-state index contributed by atoms with van der Waals surface area (Å²) in [5.74, 6) is 0.853. The Morgan fingerprint density at radius 2 is 1.85 bits per heavy atom. The minimum atomic E-state index is -0.0702. The molecule has 8 heteroatoms. The lowest BCUT2D eigenvalue weighted by atomic mass is 10.2. The molecule has 0 spiro atoms. The summed E-state index contributed by atoms with van der Waals surface area (Å²) in [7, 11) is 0. The Bertz CT molecular complexity index is 1370. The minimum absolute atomic E-state index is 0.00377. The molecule has 0 aliphatic carbocycles. The number of nitrogens with zero attached hydrogens (tertiary/aromatic N) is 2. The van der Waals surface area contributed by atoms with E-state index >= 15 is 0 Å². The number of nitrogens with one attached hydrogen (secondary N) is 2. The first kappa shape index (κ1) is 23.9. The van der Waals surface area contributed by atoms with Gasteiger partial charge in [-0.25, -0.2) is 0 Å². The molecule has 2 aromatic carbocycles. The maximum atomic E-state index is 12.7. The number of pyridine rings is 1. The number of aromatic nitrogens is 3. The highest BCUT2D eigenvalue weighted by molar-refractivity contribution is 7.98. The third kappa shape index (κ3) is 6.42. The predicted molar refractivity (Wildman–Crippen MR) is 141 cm³/mol. The Hall–Kier alpha value is -3.23. The van der Waals surface area contributed by atoms with E-state index in [0.717, 1.165) is 41.1 Å². The third-order valence-electron chi connectivity index (χ3n) is 5.44. The van der Waals surface area contributed by atoms with Gasteiger partial charge in [-0.3, -0.25) is 19.1 Å². The highest BCUT2D eigenvalue weighted by atomic mass is 32.2. The van der Waals surface area contributed by atoms with Crippen molar-refractivity contribution in [2.45, 2.75) is 42.9 Å². The Labute approximate surface area is 207 Å². The molecule has 0 fully saturated rings. The second-order valence-corrected chi connectivity index (χ2v) is 9.40. The van der Waals surface area contributed by atoms with Crippen LogP contribution in [0, 0.1) is 4.77 Å². The molecule has 0 saturated heterocycles. The van der Waals surface area contributed by atoms with Gasteiger partial charge >= 0.3 is 0 Å². The van der Waals surface area contributed by atoms with E-state index in [2.05, 4.69) is 21.4 Å². The zero-order chi connectivity index (χ0) is 23.8. The number of H-pyrrole nitrogens is 1. The zero-order valence-electron chi connectivity index (χ0n) is 18.7. The molecule has 4 rings (SSSR count). The van der Waals surface area contributed by atoms with Crippen LogP contribution in [0.15, 0.2) is 82.7 Å². The van der Waals surface area contributed by atoms with Gasteiger partial charge in [-0.05, 0) is 73.1 Å². The van der Waals surface area contributed by atoms with Crippen LogP contribution in [0.4, 0.5) is 5.69 Å². The number of carbonyl (C=O) groups is 1. The van der Waals surface area contributed by atoms with Gasteiger partial charge in [0.1, 0.15) is 0 Å². The Morgan fingerprint density at radius 1 is 1.03 bits per heavy atom. The van der Waals surface area contributed by atoms with Gasteiger partial charge in [0.25, 0.3) is 5.56 Å². The first-order chi connectivity index (χ1) is 16.6. The molecule has 0 aliphatic rings. The van der Waals surface area contributed by atoms with Crippen LogP contribution in [0.1, 0.15) is 31.2 Å². The summed E-state index contributed by atoms with van der Waals surface area (Å²) in [6.45, 7) is 0.540. The lowest BCUT2D eigenvalue weighted by Crippen LogP contribution is -2.22. The van der Waals surface area contributed by atoms with Crippen molar-refractivity contribution in [2.24, 2.45) is 0 Å². The minimum Gasteiger partial charge on any atom is -0.332 e. The Balaban J connectivity index is 1.19. The third-order valence-corrected chi connectivity index (χ3v) is 6.85. The predicted octanol–water partition coefficient (Wildman–Crippen LogP) is 5.95. The lowest BCUT2D eigenvalue weighted by Gasteiger charge is -2.09. The van der Waals surface area contributed by atoms with Gasteiger partial charge in [-0.1, -0.05) is 24.6 Å². The fraction of sp³-hybridized carbons (Fsp3) is 0.231. The largest absolute Gasteiger partial charge is 0.332 e. The van der Waals surface area contributed by atoms with Crippen LogP contribution in [0.5, 0.6) is 0 Å². The summed E-state index contributed by atoms with van der Waals surface area (Å²) in [5.41, 5.74) is 2.66. The van der Waals surface area contributed by atoms with Crippen LogP contribution >= 0.6 is 24.0 Å². The average molecular weight is 491 g/mol. The van der Waals surface area contributed by atoms with Crippen LogP contribution in [-0.4, -0.2) is 20.4 Å². The molecule has 0 aliphatic heterocycles. The number of thioether (sulfide) groups is 1. The van der Waals surface area contributed by atoms with Crippen LogP contribution in [0.3, 0.4) is 0 Å². The van der Waals surface area contributed by atoms with Gasteiger partial charge < -0.3 is 10.3 Å². The smallest absolute Gasteiger partial charge is 0.262 e. The normalized spacial score (nSPS) is 10.9. The number of para-hydroxylation sites is 1. The van der Waals surface area contributed by atoms with E-state index in [-0.39, 0.29) is 11.5 Å². The summed E-state index contributed by atoms with van der Waals surface area (Å²) < 4.78 is 2.04. The second kappa shape index (κ2) is 11.8. The molecule has 174 valence electrons. The fourth-order valence-corrected chi connectivity index (χ4v) is 4.76. The highest BCUT2D eigenvalue weighted by Gasteiger charge is 2.06. The topological polar surface area (TPSA) is 79.8 Å². The van der Waals surface area contributed by atoms with Gasteiger partial charge in [-0.15, -0.1) is 11.8 Å². The quantitative estimate of drug-likeness (QED) is 0.163. The maximum Gasteiger partial charge on any atom is 0.262 e. The monoisotopic (exact) mass is 490 g/mol. The summed E-state index contributed by atoms with van der Waals surface area (Å²) in [6, 6.07) is 19.3. The molecule has 0 bridgehead atoms. The number of rotatable bonds is 10. The van der Waals surface area contributed by atoms with E-state index in [1.54, 1.807) is 28.6 Å². The molecule has 1 amide bonds. The molecule has 2 N–H and O–H groups in total. The zero-order valence-corrected chi connectivity index (χ0v) is 20.3. The fourth-order valence-electron chi connectivity index (χ4n) is 3.64. The van der Waals surface area contributed by atoms with E-state index in [9.17, 15) is 9.59 Å². The van der Waals surface area contributed by atoms with Crippen LogP contribution in [0.2, 0.25) is 0 Å². The van der Waals surface area contributed by atoms with Crippen molar-refractivity contribution >= 4 is 46.5 Å². The molecule has 0 radical (unpaired) electrons. The Morgan fingerprint density at radius 3 is 2.65 bits per heavy atom. The number of amides is 1. The van der Waals surface area contributed by atoms with Gasteiger partial charge in [-0.2, -0.15) is 0 Å². The molecule has 2 heterocycles. The Kier molecular flexibility index (Phi) is 8.27. The van der Waals surface area contributed by atoms with E-state index in [4.69, 9.17) is 12.2 Å². The molecule has 34 heavy (non-hydrogen) atoms. The van der Waals surface area contributed by atoms with E-state index in [0.29, 0.717) is 23.1 Å². The van der Waals surface area contributed by atoms with E-state index in [1.807, 2.05) is 54.7 Å². The number of aromatic amines is 1. The number of unbranched alkanes of at least 4 members (excludes halogenated alkanes) is 2. The molecule has 0 atom stereocenters. The number of hydrogen-bond donors (Lipinski definition) is 2. The molecular formula is C26H26N4O2S2. The van der Waals surface area contributed by atoms with Crippen LogP contribution in [-0.2, 0) is 17.1 Å². The van der Waals surface area contributed by atoms with Crippen molar-refractivity contribution in [2.75, 3.05) is 5.32 Å². The SMILES string of the molecule is O=C(CCCCCn1c(=S)[nH]c2ccccc2c1=O)Nc1ccc(SCc2cccnc2)cc1. The van der Waals surface area contributed by atoms with E-state index in [1.165, 1.54) is 5.56 Å².